The van der Waals surface area contributed by atoms with E-state index < -0.39 is 14.9 Å². The van der Waals surface area contributed by atoms with E-state index in [0.717, 1.165) is 25.3 Å². The van der Waals surface area contributed by atoms with Crippen LogP contribution >= 0.6 is 12.4 Å². The number of nitrogens with zero attached hydrogens (tertiary/aromatic N) is 2. The van der Waals surface area contributed by atoms with E-state index in [1.54, 1.807) is 0 Å². The van der Waals surface area contributed by atoms with Gasteiger partial charge in [-0.15, -0.1) is 12.4 Å². The molecule has 2 rings (SSSR count). The third-order valence-electron chi connectivity index (χ3n) is 4.02. The zero-order valence-corrected chi connectivity index (χ0v) is 15.0. The van der Waals surface area contributed by atoms with Gasteiger partial charge in [0.25, 0.3) is 5.69 Å². The second-order valence-corrected chi connectivity index (χ2v) is 7.29. The third-order valence-corrected chi connectivity index (χ3v) is 5.99. The predicted octanol–water partition coefficient (Wildman–Crippen LogP) is 1.92. The summed E-state index contributed by atoms with van der Waals surface area (Å²) in [6.45, 7) is 0.779. The number of halogens is 1. The fraction of sp³-hybridized carbons (Fsp3) is 0.571. The molecule has 1 saturated heterocycles. The first-order valence-corrected chi connectivity index (χ1v) is 8.90. The Hall–Kier alpha value is -1.42. The van der Waals surface area contributed by atoms with Crippen molar-refractivity contribution in [2.24, 2.45) is 5.73 Å². The molecule has 1 aromatic carbocycles. The number of sulfonamides is 1. The molecular weight excluding hydrogens is 358 g/mol. The van der Waals surface area contributed by atoms with Crippen molar-refractivity contribution in [3.05, 3.63) is 28.3 Å². The van der Waals surface area contributed by atoms with Gasteiger partial charge in [-0.2, -0.15) is 4.31 Å². The molecule has 0 saturated carbocycles. The van der Waals surface area contributed by atoms with Crippen molar-refractivity contribution >= 4 is 28.1 Å². The molecule has 1 aliphatic heterocycles. The van der Waals surface area contributed by atoms with E-state index in [1.165, 1.54) is 23.5 Å². The van der Waals surface area contributed by atoms with Crippen molar-refractivity contribution < 1.29 is 18.1 Å². The zero-order valence-electron chi connectivity index (χ0n) is 13.4. The summed E-state index contributed by atoms with van der Waals surface area (Å²) in [4.78, 5) is 10.2. The molecule has 1 atom stereocenters. The molecule has 0 aliphatic carbocycles. The molecule has 1 aromatic rings. The maximum absolute atomic E-state index is 13.0. The molecule has 24 heavy (non-hydrogen) atoms. The van der Waals surface area contributed by atoms with Crippen LogP contribution in [0.3, 0.4) is 0 Å². The van der Waals surface area contributed by atoms with Gasteiger partial charge in [0.15, 0.2) is 0 Å². The summed E-state index contributed by atoms with van der Waals surface area (Å²) < 4.78 is 32.5. The molecule has 0 radical (unpaired) electrons. The van der Waals surface area contributed by atoms with E-state index in [9.17, 15) is 18.5 Å². The number of hydrogen-bond acceptors (Lipinski definition) is 6. The second kappa shape index (κ2) is 8.61. The Morgan fingerprint density at radius 3 is 2.71 bits per heavy atom. The van der Waals surface area contributed by atoms with Crippen molar-refractivity contribution in [1.29, 1.82) is 0 Å². The van der Waals surface area contributed by atoms with Gasteiger partial charge >= 0.3 is 0 Å². The lowest BCUT2D eigenvalue weighted by atomic mass is 10.0. The molecule has 0 amide bonds. The third kappa shape index (κ3) is 4.15. The molecule has 1 aliphatic rings. The Morgan fingerprint density at radius 2 is 2.12 bits per heavy atom. The number of piperidine rings is 1. The molecule has 2 N–H and O–H groups in total. The summed E-state index contributed by atoms with van der Waals surface area (Å²) in [5.74, 6) is 0.104. The first-order valence-electron chi connectivity index (χ1n) is 7.46. The Bertz CT molecular complexity index is 681. The number of benzene rings is 1. The van der Waals surface area contributed by atoms with Crippen LogP contribution in [0, 0.1) is 10.1 Å². The van der Waals surface area contributed by atoms with Gasteiger partial charge in [-0.25, -0.2) is 8.42 Å². The van der Waals surface area contributed by atoms with Crippen LogP contribution in [0.1, 0.15) is 25.7 Å². The lowest BCUT2D eigenvalue weighted by molar-refractivity contribution is -0.385. The minimum absolute atomic E-state index is 0. The summed E-state index contributed by atoms with van der Waals surface area (Å²) in [7, 11) is -2.54. The number of non-ortho nitro benzene ring substituents is 1. The SMILES string of the molecule is COc1ccc([N+](=O)[O-])cc1S(=O)(=O)N1CCCCC1CCN.Cl. The number of hydrogen-bond donors (Lipinski definition) is 1. The Kier molecular flexibility index (Phi) is 7.40. The molecule has 1 heterocycles. The van der Waals surface area contributed by atoms with Gasteiger partial charge in [0.2, 0.25) is 10.0 Å². The van der Waals surface area contributed by atoms with Gasteiger partial charge in [-0.05, 0) is 31.9 Å². The monoisotopic (exact) mass is 379 g/mol. The maximum Gasteiger partial charge on any atom is 0.271 e. The van der Waals surface area contributed by atoms with Gasteiger partial charge in [0, 0.05) is 24.7 Å². The maximum atomic E-state index is 13.0. The minimum atomic E-state index is -3.88. The summed E-state index contributed by atoms with van der Waals surface area (Å²) in [6.07, 6.45) is 3.02. The van der Waals surface area contributed by atoms with Crippen molar-refractivity contribution in [1.82, 2.24) is 4.31 Å². The number of nitrogens with two attached hydrogens (primary N) is 1. The standard InChI is InChI=1S/C14H21N3O5S.ClH/c1-22-13-6-5-12(17(18)19)10-14(13)23(20,21)16-9-3-2-4-11(16)7-8-15;/h5-6,10-11H,2-4,7-9,15H2,1H3;1H. The average molecular weight is 380 g/mol. The second-order valence-electron chi connectivity index (χ2n) is 5.43. The van der Waals surface area contributed by atoms with E-state index >= 15 is 0 Å². The Morgan fingerprint density at radius 1 is 1.42 bits per heavy atom. The highest BCUT2D eigenvalue weighted by Gasteiger charge is 2.35. The molecule has 0 spiro atoms. The lowest BCUT2D eigenvalue weighted by Crippen LogP contribution is -2.44. The van der Waals surface area contributed by atoms with Crippen LogP contribution in [0.2, 0.25) is 0 Å². The van der Waals surface area contributed by atoms with Gasteiger partial charge in [-0.3, -0.25) is 10.1 Å². The van der Waals surface area contributed by atoms with Gasteiger partial charge in [-0.1, -0.05) is 6.42 Å². The van der Waals surface area contributed by atoms with E-state index in [1.807, 2.05) is 0 Å². The van der Waals surface area contributed by atoms with Crippen LogP contribution in [0.5, 0.6) is 5.75 Å². The quantitative estimate of drug-likeness (QED) is 0.596. The van der Waals surface area contributed by atoms with E-state index in [2.05, 4.69) is 0 Å². The smallest absolute Gasteiger partial charge is 0.271 e. The van der Waals surface area contributed by atoms with Crippen LogP contribution in [-0.4, -0.2) is 43.9 Å². The number of methoxy groups -OCH3 is 1. The molecule has 8 nitrogen and oxygen atoms in total. The summed E-state index contributed by atoms with van der Waals surface area (Å²) in [6, 6.07) is 3.42. The molecule has 0 bridgehead atoms. The van der Waals surface area contributed by atoms with Crippen molar-refractivity contribution in [3.63, 3.8) is 0 Å². The van der Waals surface area contributed by atoms with E-state index in [-0.39, 0.29) is 34.8 Å². The predicted molar refractivity (Wildman–Crippen MR) is 92.1 cm³/mol. The topological polar surface area (TPSA) is 116 Å². The van der Waals surface area contributed by atoms with Crippen molar-refractivity contribution in [3.8, 4) is 5.75 Å². The largest absolute Gasteiger partial charge is 0.495 e. The highest BCUT2D eigenvalue weighted by molar-refractivity contribution is 7.89. The fourth-order valence-electron chi connectivity index (χ4n) is 2.88. The van der Waals surface area contributed by atoms with Crippen LogP contribution in [-0.2, 0) is 10.0 Å². The van der Waals surface area contributed by atoms with Gasteiger partial charge in [0.1, 0.15) is 10.6 Å². The highest BCUT2D eigenvalue weighted by Crippen LogP contribution is 2.34. The molecule has 1 unspecified atom stereocenters. The number of ether oxygens (including phenoxy) is 1. The average Bonchev–Trinajstić information content (AvgIpc) is 2.54. The summed E-state index contributed by atoms with van der Waals surface area (Å²) in [5.41, 5.74) is 5.31. The van der Waals surface area contributed by atoms with Crippen LogP contribution in [0.25, 0.3) is 0 Å². The first kappa shape index (κ1) is 20.6. The minimum Gasteiger partial charge on any atom is -0.495 e. The van der Waals surface area contributed by atoms with Gasteiger partial charge in [0.05, 0.1) is 12.0 Å². The molecule has 10 heteroatoms. The summed E-state index contributed by atoms with van der Waals surface area (Å²) in [5, 5.41) is 11.0. The van der Waals surface area contributed by atoms with Crippen molar-refractivity contribution in [2.75, 3.05) is 20.2 Å². The normalized spacial score (nSPS) is 18.7. The van der Waals surface area contributed by atoms with Crippen LogP contribution in [0.15, 0.2) is 23.1 Å². The highest BCUT2D eigenvalue weighted by atomic mass is 35.5. The summed E-state index contributed by atoms with van der Waals surface area (Å²) >= 11 is 0. The van der Waals surface area contributed by atoms with Crippen LogP contribution < -0.4 is 10.5 Å². The fourth-order valence-corrected chi connectivity index (χ4v) is 4.78. The van der Waals surface area contributed by atoms with Crippen molar-refractivity contribution in [2.45, 2.75) is 36.6 Å². The van der Waals surface area contributed by atoms with Gasteiger partial charge < -0.3 is 10.5 Å². The molecule has 136 valence electrons. The molecule has 1 fully saturated rings. The van der Waals surface area contributed by atoms with Crippen LogP contribution in [0.4, 0.5) is 5.69 Å². The first-order chi connectivity index (χ1) is 10.9. The Balaban J connectivity index is 0.00000288. The number of nitro groups is 1. The zero-order chi connectivity index (χ0) is 17.0. The van der Waals surface area contributed by atoms with E-state index in [0.29, 0.717) is 19.5 Å². The number of nitro benzene ring substituents is 1. The Labute approximate surface area is 147 Å². The lowest BCUT2D eigenvalue weighted by Gasteiger charge is -2.34. The molecular formula is C14H22ClN3O5S. The molecule has 0 aromatic heterocycles. The van der Waals surface area contributed by atoms with E-state index in [4.69, 9.17) is 10.5 Å². The number of rotatable bonds is 6.